The van der Waals surface area contributed by atoms with E-state index in [4.69, 9.17) is 18.6 Å². The van der Waals surface area contributed by atoms with Crippen LogP contribution in [0.25, 0.3) is 0 Å². The van der Waals surface area contributed by atoms with Gasteiger partial charge in [0.1, 0.15) is 12.6 Å². The highest BCUT2D eigenvalue weighted by Gasteiger charge is 2.23. The average Bonchev–Trinajstić information content (AvgIpc) is 3.61. The number of rotatable bonds is 11. The molecular formula is C27H30N2O6. The van der Waals surface area contributed by atoms with Crippen LogP contribution in [0.1, 0.15) is 34.5 Å². The van der Waals surface area contributed by atoms with E-state index < -0.39 is 11.9 Å². The van der Waals surface area contributed by atoms with Crippen molar-refractivity contribution < 1.29 is 28.2 Å². The standard InChI is InChI=1S/C27H30N2O6/c1-32-25-16-20(11-12-23(25)35-18-21-9-5-13-33-21)17-28-26(30)22(15-19-7-3-2-4-8-19)29-27(31)24-10-6-14-34-24/h2-4,6-8,10-12,14,16,21-22H,5,9,13,15,17-18H2,1H3,(H,28,30)(H,29,31). The Hall–Kier alpha value is -3.78. The van der Waals surface area contributed by atoms with Crippen molar-refractivity contribution in [1.82, 2.24) is 10.6 Å². The molecule has 0 bridgehead atoms. The lowest BCUT2D eigenvalue weighted by molar-refractivity contribution is -0.123. The fraction of sp³-hybridized carbons (Fsp3) is 0.333. The minimum atomic E-state index is -0.772. The maximum absolute atomic E-state index is 13.1. The Kier molecular flexibility index (Phi) is 8.40. The van der Waals surface area contributed by atoms with Crippen molar-refractivity contribution in [2.24, 2.45) is 0 Å². The molecule has 1 aliphatic rings. The first-order valence-electron chi connectivity index (χ1n) is 11.7. The molecular weight excluding hydrogens is 448 g/mol. The van der Waals surface area contributed by atoms with Crippen LogP contribution in [-0.2, 0) is 22.5 Å². The van der Waals surface area contributed by atoms with Crippen molar-refractivity contribution in [3.8, 4) is 11.5 Å². The molecule has 184 valence electrons. The van der Waals surface area contributed by atoms with E-state index in [9.17, 15) is 9.59 Å². The Morgan fingerprint density at radius 1 is 1.06 bits per heavy atom. The van der Waals surface area contributed by atoms with Gasteiger partial charge in [-0.1, -0.05) is 36.4 Å². The molecule has 2 aromatic carbocycles. The van der Waals surface area contributed by atoms with Crippen molar-refractivity contribution in [2.75, 3.05) is 20.3 Å². The van der Waals surface area contributed by atoms with Gasteiger partial charge in [0.25, 0.3) is 5.91 Å². The quantitative estimate of drug-likeness (QED) is 0.438. The average molecular weight is 479 g/mol. The summed E-state index contributed by atoms with van der Waals surface area (Å²) in [5, 5.41) is 5.69. The molecule has 2 N–H and O–H groups in total. The summed E-state index contributed by atoms with van der Waals surface area (Å²) in [7, 11) is 1.58. The van der Waals surface area contributed by atoms with Gasteiger partial charge in [0, 0.05) is 19.6 Å². The van der Waals surface area contributed by atoms with Gasteiger partial charge in [0.15, 0.2) is 17.3 Å². The SMILES string of the molecule is COc1cc(CNC(=O)C(Cc2ccccc2)NC(=O)c2ccco2)ccc1OCC1CCCO1. The lowest BCUT2D eigenvalue weighted by atomic mass is 10.0. The third-order valence-electron chi connectivity index (χ3n) is 5.79. The van der Waals surface area contributed by atoms with E-state index in [-0.39, 0.29) is 24.3 Å². The molecule has 2 amide bonds. The highest BCUT2D eigenvalue weighted by atomic mass is 16.5. The van der Waals surface area contributed by atoms with Gasteiger partial charge in [0.05, 0.1) is 19.5 Å². The first-order valence-corrected chi connectivity index (χ1v) is 11.7. The molecule has 2 unspecified atom stereocenters. The van der Waals surface area contributed by atoms with Crippen molar-refractivity contribution >= 4 is 11.8 Å². The van der Waals surface area contributed by atoms with Gasteiger partial charge in [-0.05, 0) is 48.2 Å². The summed E-state index contributed by atoms with van der Waals surface area (Å²) in [6.07, 6.45) is 3.92. The molecule has 2 atom stereocenters. The third-order valence-corrected chi connectivity index (χ3v) is 5.79. The summed E-state index contributed by atoms with van der Waals surface area (Å²) in [6.45, 7) is 1.52. The Morgan fingerprint density at radius 3 is 2.63 bits per heavy atom. The zero-order valence-electron chi connectivity index (χ0n) is 19.7. The zero-order chi connectivity index (χ0) is 24.5. The number of hydrogen-bond acceptors (Lipinski definition) is 6. The Morgan fingerprint density at radius 2 is 1.91 bits per heavy atom. The van der Waals surface area contributed by atoms with Crippen LogP contribution >= 0.6 is 0 Å². The van der Waals surface area contributed by atoms with Gasteiger partial charge in [0.2, 0.25) is 5.91 Å². The summed E-state index contributed by atoms with van der Waals surface area (Å²) >= 11 is 0. The molecule has 1 fully saturated rings. The minimum absolute atomic E-state index is 0.108. The van der Waals surface area contributed by atoms with Gasteiger partial charge >= 0.3 is 0 Å². The lowest BCUT2D eigenvalue weighted by Crippen LogP contribution is -2.47. The normalized spacial score (nSPS) is 15.9. The molecule has 8 nitrogen and oxygen atoms in total. The van der Waals surface area contributed by atoms with Crippen molar-refractivity contribution in [3.63, 3.8) is 0 Å². The smallest absolute Gasteiger partial charge is 0.287 e. The Labute approximate surface area is 204 Å². The van der Waals surface area contributed by atoms with Crippen LogP contribution in [0.4, 0.5) is 0 Å². The van der Waals surface area contributed by atoms with Crippen LogP contribution in [0.5, 0.6) is 11.5 Å². The predicted octanol–water partition coefficient (Wildman–Crippen LogP) is 3.50. The van der Waals surface area contributed by atoms with Crippen LogP contribution in [0, 0.1) is 0 Å². The molecule has 1 aromatic heterocycles. The number of carbonyl (C=O) groups excluding carboxylic acids is 2. The summed E-state index contributed by atoms with van der Waals surface area (Å²) in [5.41, 5.74) is 1.78. The summed E-state index contributed by atoms with van der Waals surface area (Å²) in [4.78, 5) is 25.6. The highest BCUT2D eigenvalue weighted by Crippen LogP contribution is 2.29. The number of methoxy groups -OCH3 is 1. The molecule has 0 saturated carbocycles. The number of hydrogen-bond donors (Lipinski definition) is 2. The van der Waals surface area contributed by atoms with Crippen LogP contribution in [0.15, 0.2) is 71.3 Å². The molecule has 3 aromatic rings. The van der Waals surface area contributed by atoms with Gasteiger partial charge in [-0.2, -0.15) is 0 Å². The minimum Gasteiger partial charge on any atom is -0.493 e. The molecule has 35 heavy (non-hydrogen) atoms. The molecule has 1 saturated heterocycles. The van der Waals surface area contributed by atoms with Gasteiger partial charge in [-0.3, -0.25) is 9.59 Å². The van der Waals surface area contributed by atoms with Crippen LogP contribution in [-0.4, -0.2) is 44.3 Å². The highest BCUT2D eigenvalue weighted by molar-refractivity contribution is 5.95. The molecule has 0 radical (unpaired) electrons. The molecule has 2 heterocycles. The fourth-order valence-electron chi connectivity index (χ4n) is 3.91. The van der Waals surface area contributed by atoms with Crippen molar-refractivity contribution in [2.45, 2.75) is 38.0 Å². The maximum atomic E-state index is 13.1. The summed E-state index contributed by atoms with van der Waals surface area (Å²) in [5.74, 6) is 0.624. The van der Waals surface area contributed by atoms with Gasteiger partial charge in [-0.25, -0.2) is 0 Å². The second kappa shape index (κ2) is 12.1. The first-order chi connectivity index (χ1) is 17.1. The van der Waals surface area contributed by atoms with E-state index in [2.05, 4.69) is 10.6 Å². The number of furan rings is 1. The number of carbonyl (C=O) groups is 2. The van der Waals surface area contributed by atoms with E-state index in [0.717, 1.165) is 30.6 Å². The van der Waals surface area contributed by atoms with Crippen LogP contribution < -0.4 is 20.1 Å². The number of benzene rings is 2. The monoisotopic (exact) mass is 478 g/mol. The number of nitrogens with one attached hydrogen (secondary N) is 2. The second-order valence-corrected chi connectivity index (χ2v) is 8.34. The zero-order valence-corrected chi connectivity index (χ0v) is 19.7. The Bertz CT molecular complexity index is 1090. The third kappa shape index (κ3) is 6.86. The number of ether oxygens (including phenoxy) is 3. The summed E-state index contributed by atoms with van der Waals surface area (Å²) < 4.78 is 22.1. The number of amides is 2. The van der Waals surface area contributed by atoms with Crippen molar-refractivity contribution in [3.05, 3.63) is 83.8 Å². The largest absolute Gasteiger partial charge is 0.493 e. The predicted molar refractivity (Wildman–Crippen MR) is 129 cm³/mol. The first kappa shape index (κ1) is 24.3. The van der Waals surface area contributed by atoms with Crippen molar-refractivity contribution in [1.29, 1.82) is 0 Å². The molecule has 0 aliphatic carbocycles. The van der Waals surface area contributed by atoms with E-state index >= 15 is 0 Å². The van der Waals surface area contributed by atoms with E-state index in [1.807, 2.05) is 48.5 Å². The van der Waals surface area contributed by atoms with Crippen LogP contribution in [0.3, 0.4) is 0 Å². The van der Waals surface area contributed by atoms with E-state index in [1.165, 1.54) is 6.26 Å². The second-order valence-electron chi connectivity index (χ2n) is 8.34. The molecule has 0 spiro atoms. The lowest BCUT2D eigenvalue weighted by Gasteiger charge is -2.19. The van der Waals surface area contributed by atoms with Gasteiger partial charge in [-0.15, -0.1) is 0 Å². The fourth-order valence-corrected chi connectivity index (χ4v) is 3.91. The van der Waals surface area contributed by atoms with Crippen LogP contribution in [0.2, 0.25) is 0 Å². The summed E-state index contributed by atoms with van der Waals surface area (Å²) in [6, 6.07) is 17.5. The molecule has 8 heteroatoms. The van der Waals surface area contributed by atoms with Gasteiger partial charge < -0.3 is 29.3 Å². The molecule has 4 rings (SSSR count). The Balaban J connectivity index is 1.38. The maximum Gasteiger partial charge on any atom is 0.287 e. The van der Waals surface area contributed by atoms with E-state index in [0.29, 0.717) is 24.5 Å². The molecule has 1 aliphatic heterocycles. The van der Waals surface area contributed by atoms with E-state index in [1.54, 1.807) is 19.2 Å². The topological polar surface area (TPSA) is 99.0 Å².